The molecule has 0 bridgehead atoms. The average Bonchev–Trinajstić information content (AvgIpc) is 2.33. The Kier molecular flexibility index (Phi) is 3.87. The van der Waals surface area contributed by atoms with Crippen LogP contribution >= 0.6 is 0 Å². The van der Waals surface area contributed by atoms with E-state index in [-0.39, 0.29) is 11.5 Å². The third-order valence-corrected chi connectivity index (χ3v) is 4.72. The topological polar surface area (TPSA) is 53.5 Å². The maximum Gasteiger partial charge on any atom is 0.152 e. The second kappa shape index (κ2) is 5.24. The standard InChI is InChI=1S/C12H19N3O2S/c1-14(2)12-4-3-11(9-13-12)10-15-5-7-18(16,17)8-6-15/h3-4,9H,5-8,10H2,1-2H3. The highest BCUT2D eigenvalue weighted by Gasteiger charge is 2.21. The molecule has 2 rings (SSSR count). The van der Waals surface area contributed by atoms with E-state index in [4.69, 9.17) is 0 Å². The molecule has 0 radical (unpaired) electrons. The fraction of sp³-hybridized carbons (Fsp3) is 0.583. The zero-order valence-electron chi connectivity index (χ0n) is 10.8. The van der Waals surface area contributed by atoms with Gasteiger partial charge in [0.15, 0.2) is 9.84 Å². The normalized spacial score (nSPS) is 19.7. The minimum atomic E-state index is -2.79. The fourth-order valence-electron chi connectivity index (χ4n) is 1.94. The van der Waals surface area contributed by atoms with Crippen LogP contribution in [0.5, 0.6) is 0 Å². The average molecular weight is 269 g/mol. The highest BCUT2D eigenvalue weighted by molar-refractivity contribution is 7.91. The Balaban J connectivity index is 1.94. The van der Waals surface area contributed by atoms with Crippen LogP contribution in [0.15, 0.2) is 18.3 Å². The smallest absolute Gasteiger partial charge is 0.152 e. The SMILES string of the molecule is CN(C)c1ccc(CN2CCS(=O)(=O)CC2)cn1. The molecule has 1 aromatic heterocycles. The first-order valence-corrected chi connectivity index (χ1v) is 7.83. The molecule has 1 aliphatic rings. The van der Waals surface area contributed by atoms with Crippen LogP contribution in [0.2, 0.25) is 0 Å². The summed E-state index contributed by atoms with van der Waals surface area (Å²) in [4.78, 5) is 8.47. The van der Waals surface area contributed by atoms with Gasteiger partial charge in [-0.1, -0.05) is 6.07 Å². The zero-order chi connectivity index (χ0) is 13.2. The lowest BCUT2D eigenvalue weighted by Crippen LogP contribution is -2.39. The molecule has 2 heterocycles. The summed E-state index contributed by atoms with van der Waals surface area (Å²) in [5.41, 5.74) is 1.12. The molecule has 0 atom stereocenters. The molecular formula is C12H19N3O2S. The van der Waals surface area contributed by atoms with Crippen molar-refractivity contribution in [3.05, 3.63) is 23.9 Å². The van der Waals surface area contributed by atoms with Gasteiger partial charge in [0.1, 0.15) is 5.82 Å². The number of hydrogen-bond donors (Lipinski definition) is 0. The van der Waals surface area contributed by atoms with Gasteiger partial charge in [0.05, 0.1) is 11.5 Å². The summed E-state index contributed by atoms with van der Waals surface area (Å²) >= 11 is 0. The minimum Gasteiger partial charge on any atom is -0.363 e. The van der Waals surface area contributed by atoms with E-state index in [1.54, 1.807) is 0 Å². The van der Waals surface area contributed by atoms with Crippen molar-refractivity contribution < 1.29 is 8.42 Å². The first-order valence-electron chi connectivity index (χ1n) is 6.01. The van der Waals surface area contributed by atoms with Crippen molar-refractivity contribution in [3.63, 3.8) is 0 Å². The quantitative estimate of drug-likeness (QED) is 0.794. The summed E-state index contributed by atoms with van der Waals surface area (Å²) in [6.07, 6.45) is 1.86. The number of nitrogens with zero attached hydrogens (tertiary/aromatic N) is 3. The summed E-state index contributed by atoms with van der Waals surface area (Å²) in [5, 5.41) is 0. The Hall–Kier alpha value is -1.14. The van der Waals surface area contributed by atoms with E-state index < -0.39 is 9.84 Å². The van der Waals surface area contributed by atoms with Crippen LogP contribution in [0.1, 0.15) is 5.56 Å². The molecule has 0 saturated carbocycles. The van der Waals surface area contributed by atoms with Crippen LogP contribution in [0, 0.1) is 0 Å². The maximum atomic E-state index is 11.3. The summed E-state index contributed by atoms with van der Waals surface area (Å²) in [5.74, 6) is 1.48. The van der Waals surface area contributed by atoms with E-state index in [1.165, 1.54) is 0 Å². The number of pyridine rings is 1. The van der Waals surface area contributed by atoms with E-state index in [0.717, 1.165) is 17.9 Å². The highest BCUT2D eigenvalue weighted by atomic mass is 32.2. The van der Waals surface area contributed by atoms with Crippen LogP contribution < -0.4 is 4.90 Å². The monoisotopic (exact) mass is 269 g/mol. The first kappa shape index (κ1) is 13.3. The summed E-state index contributed by atoms with van der Waals surface area (Å²) in [6, 6.07) is 4.03. The second-order valence-corrected chi connectivity index (χ2v) is 7.15. The van der Waals surface area contributed by atoms with Gasteiger partial charge in [0.25, 0.3) is 0 Å². The molecule has 0 aromatic carbocycles. The molecule has 0 spiro atoms. The number of sulfone groups is 1. The van der Waals surface area contributed by atoms with Crippen LogP contribution in [0.3, 0.4) is 0 Å². The van der Waals surface area contributed by atoms with E-state index in [0.29, 0.717) is 13.1 Å². The molecule has 6 heteroatoms. The lowest BCUT2D eigenvalue weighted by molar-refractivity contribution is 0.287. The molecular weight excluding hydrogens is 250 g/mol. The fourth-order valence-corrected chi connectivity index (χ4v) is 3.22. The molecule has 0 unspecified atom stereocenters. The Morgan fingerprint density at radius 3 is 2.44 bits per heavy atom. The molecule has 1 aliphatic heterocycles. The van der Waals surface area contributed by atoms with Crippen molar-refractivity contribution in [2.75, 3.05) is 43.6 Å². The first-order chi connectivity index (χ1) is 8.46. The van der Waals surface area contributed by atoms with Crippen molar-refractivity contribution in [2.45, 2.75) is 6.54 Å². The Morgan fingerprint density at radius 2 is 1.94 bits per heavy atom. The lowest BCUT2D eigenvalue weighted by atomic mass is 10.2. The largest absolute Gasteiger partial charge is 0.363 e. The van der Waals surface area contributed by atoms with Gasteiger partial charge in [0.2, 0.25) is 0 Å². The third kappa shape index (κ3) is 3.43. The van der Waals surface area contributed by atoms with Crippen molar-refractivity contribution in [3.8, 4) is 0 Å². The molecule has 1 fully saturated rings. The molecule has 0 amide bonds. The van der Waals surface area contributed by atoms with Gasteiger partial charge in [-0.2, -0.15) is 0 Å². The van der Waals surface area contributed by atoms with E-state index in [2.05, 4.69) is 9.88 Å². The van der Waals surface area contributed by atoms with E-state index in [1.807, 2.05) is 37.3 Å². The van der Waals surface area contributed by atoms with Crippen LogP contribution in [-0.4, -0.2) is 57.0 Å². The Morgan fingerprint density at radius 1 is 1.28 bits per heavy atom. The van der Waals surface area contributed by atoms with Gasteiger partial charge < -0.3 is 4.90 Å². The van der Waals surface area contributed by atoms with Crippen molar-refractivity contribution in [1.29, 1.82) is 0 Å². The van der Waals surface area contributed by atoms with Gasteiger partial charge in [-0.05, 0) is 11.6 Å². The van der Waals surface area contributed by atoms with Crippen LogP contribution in [0.25, 0.3) is 0 Å². The summed E-state index contributed by atoms with van der Waals surface area (Å²) in [6.45, 7) is 2.02. The molecule has 1 saturated heterocycles. The van der Waals surface area contributed by atoms with Crippen molar-refractivity contribution in [1.82, 2.24) is 9.88 Å². The third-order valence-electron chi connectivity index (χ3n) is 3.11. The number of hydrogen-bond acceptors (Lipinski definition) is 5. The molecule has 18 heavy (non-hydrogen) atoms. The Bertz CT molecular complexity index is 483. The van der Waals surface area contributed by atoms with Crippen LogP contribution in [0.4, 0.5) is 5.82 Å². The Labute approximate surface area is 108 Å². The number of aromatic nitrogens is 1. The molecule has 100 valence electrons. The minimum absolute atomic E-state index is 0.274. The van der Waals surface area contributed by atoms with Gasteiger partial charge in [-0.3, -0.25) is 4.90 Å². The number of rotatable bonds is 3. The summed E-state index contributed by atoms with van der Waals surface area (Å²) < 4.78 is 22.6. The maximum absolute atomic E-state index is 11.3. The highest BCUT2D eigenvalue weighted by Crippen LogP contribution is 2.12. The van der Waals surface area contributed by atoms with Crippen LogP contribution in [-0.2, 0) is 16.4 Å². The van der Waals surface area contributed by atoms with Gasteiger partial charge >= 0.3 is 0 Å². The second-order valence-electron chi connectivity index (χ2n) is 4.85. The predicted octanol–water partition coefficient (Wildman–Crippen LogP) is 0.378. The van der Waals surface area contributed by atoms with Gasteiger partial charge in [-0.25, -0.2) is 13.4 Å². The molecule has 0 aliphatic carbocycles. The molecule has 1 aromatic rings. The van der Waals surface area contributed by atoms with Crippen molar-refractivity contribution >= 4 is 15.7 Å². The van der Waals surface area contributed by atoms with Gasteiger partial charge in [0, 0.05) is 39.9 Å². The van der Waals surface area contributed by atoms with E-state index >= 15 is 0 Å². The molecule has 5 nitrogen and oxygen atoms in total. The zero-order valence-corrected chi connectivity index (χ0v) is 11.7. The van der Waals surface area contributed by atoms with Gasteiger partial charge in [-0.15, -0.1) is 0 Å². The number of anilines is 1. The van der Waals surface area contributed by atoms with Crippen molar-refractivity contribution in [2.24, 2.45) is 0 Å². The van der Waals surface area contributed by atoms with E-state index in [9.17, 15) is 8.42 Å². The predicted molar refractivity (Wildman–Crippen MR) is 72.5 cm³/mol. The summed E-state index contributed by atoms with van der Waals surface area (Å²) in [7, 11) is 1.12. The molecule has 0 N–H and O–H groups in total. The lowest BCUT2D eigenvalue weighted by Gasteiger charge is -2.26.